The van der Waals surface area contributed by atoms with Crippen LogP contribution in [-0.2, 0) is 4.79 Å². The Labute approximate surface area is 152 Å². The molecule has 2 aromatic rings. The van der Waals surface area contributed by atoms with E-state index in [0.29, 0.717) is 5.56 Å². The van der Waals surface area contributed by atoms with Crippen LogP contribution in [0.25, 0.3) is 12.2 Å². The number of rotatable bonds is 7. The molecule has 0 aliphatic carbocycles. The van der Waals surface area contributed by atoms with Crippen LogP contribution in [0.3, 0.4) is 0 Å². The van der Waals surface area contributed by atoms with Gasteiger partial charge in [0.05, 0.1) is 6.10 Å². The number of aliphatic hydroxyl groups excluding tert-OH is 1. The first kappa shape index (κ1) is 19.1. The summed E-state index contributed by atoms with van der Waals surface area (Å²) in [6.07, 6.45) is 6.71. The van der Waals surface area contributed by atoms with E-state index in [2.05, 4.69) is 5.32 Å². The zero-order valence-electron chi connectivity index (χ0n) is 14.5. The van der Waals surface area contributed by atoms with Gasteiger partial charge in [-0.25, -0.2) is 0 Å². The van der Waals surface area contributed by atoms with Crippen LogP contribution in [0, 0.1) is 0 Å². The van der Waals surface area contributed by atoms with E-state index in [1.165, 1.54) is 6.92 Å². The fourth-order valence-electron chi connectivity index (χ4n) is 2.30. The van der Waals surface area contributed by atoms with Crippen molar-refractivity contribution in [2.24, 2.45) is 5.73 Å². The minimum absolute atomic E-state index is 0.383. The van der Waals surface area contributed by atoms with Crippen LogP contribution >= 0.6 is 0 Å². The molecule has 0 spiro atoms. The van der Waals surface area contributed by atoms with Crippen molar-refractivity contribution in [2.75, 3.05) is 0 Å². The summed E-state index contributed by atoms with van der Waals surface area (Å²) in [6, 6.07) is 15.7. The maximum Gasteiger partial charge on any atom is 0.252 e. The van der Waals surface area contributed by atoms with Gasteiger partial charge in [-0.2, -0.15) is 0 Å². The zero-order valence-corrected chi connectivity index (χ0v) is 14.5. The minimum atomic E-state index is -1.12. The molecule has 2 aromatic carbocycles. The lowest BCUT2D eigenvalue weighted by atomic mass is 10.1. The fraction of sp³-hybridized carbons (Fsp3) is 0.143. The number of allylic oxidation sites excluding steroid dienone is 2. The summed E-state index contributed by atoms with van der Waals surface area (Å²) in [5, 5.41) is 11.9. The molecular formula is C21H22N2O3. The maximum absolute atomic E-state index is 12.1. The number of aliphatic hydroxyl groups is 1. The number of carbonyl (C=O) groups excluding carboxylic acids is 2. The zero-order chi connectivity index (χ0) is 18.9. The van der Waals surface area contributed by atoms with Crippen molar-refractivity contribution < 1.29 is 14.7 Å². The maximum atomic E-state index is 12.1. The summed E-state index contributed by atoms with van der Waals surface area (Å²) in [7, 11) is 0. The summed E-state index contributed by atoms with van der Waals surface area (Å²) in [4.78, 5) is 23.4. The Balaban J connectivity index is 1.97. The molecule has 0 fully saturated rings. The first-order valence-electron chi connectivity index (χ1n) is 8.25. The number of hydrogen-bond acceptors (Lipinski definition) is 3. The van der Waals surface area contributed by atoms with Gasteiger partial charge in [-0.15, -0.1) is 0 Å². The summed E-state index contributed by atoms with van der Waals surface area (Å²) in [6.45, 7) is 1.40. The van der Waals surface area contributed by atoms with Crippen LogP contribution in [-0.4, -0.2) is 29.1 Å². The highest BCUT2D eigenvalue weighted by atomic mass is 16.3. The van der Waals surface area contributed by atoms with Crippen molar-refractivity contribution in [1.82, 2.24) is 5.32 Å². The van der Waals surface area contributed by atoms with Crippen molar-refractivity contribution in [3.05, 3.63) is 83.4 Å². The van der Waals surface area contributed by atoms with E-state index in [9.17, 15) is 14.7 Å². The number of primary amides is 1. The monoisotopic (exact) mass is 350 g/mol. The molecule has 0 saturated carbocycles. The smallest absolute Gasteiger partial charge is 0.252 e. The van der Waals surface area contributed by atoms with E-state index in [1.54, 1.807) is 24.3 Å². The van der Waals surface area contributed by atoms with Crippen LogP contribution in [0.2, 0.25) is 0 Å². The van der Waals surface area contributed by atoms with Crippen LogP contribution in [0.4, 0.5) is 0 Å². The Morgan fingerprint density at radius 3 is 2.00 bits per heavy atom. The SMILES string of the molecule is CC(O)C(NC(=O)c1ccc(C=CC=Cc2ccccc2)cc1)C(N)=O. The molecule has 0 bridgehead atoms. The third-order valence-electron chi connectivity index (χ3n) is 3.74. The van der Waals surface area contributed by atoms with Crippen molar-refractivity contribution in [3.63, 3.8) is 0 Å². The second-order valence-electron chi connectivity index (χ2n) is 5.85. The molecule has 2 unspecified atom stereocenters. The number of benzene rings is 2. The number of carbonyl (C=O) groups is 2. The number of nitrogens with one attached hydrogen (secondary N) is 1. The second-order valence-corrected chi connectivity index (χ2v) is 5.85. The molecule has 2 amide bonds. The van der Waals surface area contributed by atoms with E-state index >= 15 is 0 Å². The molecular weight excluding hydrogens is 328 g/mol. The molecule has 26 heavy (non-hydrogen) atoms. The molecule has 0 heterocycles. The summed E-state index contributed by atoms with van der Waals surface area (Å²) < 4.78 is 0. The minimum Gasteiger partial charge on any atom is -0.391 e. The van der Waals surface area contributed by atoms with E-state index in [4.69, 9.17) is 5.73 Å². The average molecular weight is 350 g/mol. The lowest BCUT2D eigenvalue weighted by Crippen LogP contribution is -2.50. The van der Waals surface area contributed by atoms with Crippen LogP contribution < -0.4 is 11.1 Å². The molecule has 0 saturated heterocycles. The van der Waals surface area contributed by atoms with E-state index < -0.39 is 24.0 Å². The third kappa shape index (κ3) is 5.72. The van der Waals surface area contributed by atoms with E-state index in [0.717, 1.165) is 11.1 Å². The lowest BCUT2D eigenvalue weighted by Gasteiger charge is -2.18. The van der Waals surface area contributed by atoms with Crippen LogP contribution in [0.1, 0.15) is 28.4 Å². The first-order valence-corrected chi connectivity index (χ1v) is 8.25. The van der Waals surface area contributed by atoms with Gasteiger partial charge in [-0.3, -0.25) is 9.59 Å². The first-order chi connectivity index (χ1) is 12.5. The standard InChI is InChI=1S/C21H22N2O3/c1-15(24)19(20(22)25)23-21(26)18-13-11-17(12-14-18)10-6-5-9-16-7-3-2-4-8-16/h2-15,19,24H,1H3,(H2,22,25)(H,23,26). The molecule has 0 aromatic heterocycles. The molecule has 0 radical (unpaired) electrons. The topological polar surface area (TPSA) is 92.4 Å². The van der Waals surface area contributed by atoms with Crippen molar-refractivity contribution in [1.29, 1.82) is 0 Å². The van der Waals surface area contributed by atoms with Gasteiger partial charge in [0.25, 0.3) is 5.91 Å². The number of nitrogens with two attached hydrogens (primary N) is 1. The Morgan fingerprint density at radius 1 is 0.962 bits per heavy atom. The molecule has 4 N–H and O–H groups in total. The van der Waals surface area contributed by atoms with E-state index in [1.807, 2.05) is 54.6 Å². The van der Waals surface area contributed by atoms with Crippen molar-refractivity contribution in [2.45, 2.75) is 19.1 Å². The average Bonchev–Trinajstić information content (AvgIpc) is 2.64. The molecule has 5 heteroatoms. The predicted molar refractivity (Wildman–Crippen MR) is 103 cm³/mol. The summed E-state index contributed by atoms with van der Waals surface area (Å²) in [5.41, 5.74) is 7.60. The highest BCUT2D eigenvalue weighted by molar-refractivity contribution is 5.97. The van der Waals surface area contributed by atoms with Gasteiger partial charge in [0, 0.05) is 5.56 Å². The van der Waals surface area contributed by atoms with Gasteiger partial charge >= 0.3 is 0 Å². The van der Waals surface area contributed by atoms with Crippen LogP contribution in [0.15, 0.2) is 66.7 Å². The number of hydrogen-bond donors (Lipinski definition) is 3. The lowest BCUT2D eigenvalue weighted by molar-refractivity contribution is -0.122. The summed E-state index contributed by atoms with van der Waals surface area (Å²) in [5.74, 6) is -1.24. The molecule has 2 rings (SSSR count). The normalized spacial score (nSPS) is 13.6. The quantitative estimate of drug-likeness (QED) is 0.669. The molecule has 0 aliphatic heterocycles. The highest BCUT2D eigenvalue weighted by Crippen LogP contribution is 2.08. The fourth-order valence-corrected chi connectivity index (χ4v) is 2.30. The van der Waals surface area contributed by atoms with Gasteiger partial charge in [-0.1, -0.05) is 66.8 Å². The number of amides is 2. The molecule has 2 atom stereocenters. The van der Waals surface area contributed by atoms with Crippen molar-refractivity contribution in [3.8, 4) is 0 Å². The summed E-state index contributed by atoms with van der Waals surface area (Å²) >= 11 is 0. The third-order valence-corrected chi connectivity index (χ3v) is 3.74. The molecule has 0 aliphatic rings. The Kier molecular flexibility index (Phi) is 6.88. The predicted octanol–water partition coefficient (Wildman–Crippen LogP) is 2.38. The van der Waals surface area contributed by atoms with E-state index in [-0.39, 0.29) is 0 Å². The van der Waals surface area contributed by atoms with Crippen LogP contribution in [0.5, 0.6) is 0 Å². The Morgan fingerprint density at radius 2 is 1.50 bits per heavy atom. The Hall–Kier alpha value is -3.18. The van der Waals surface area contributed by atoms with Crippen molar-refractivity contribution >= 4 is 24.0 Å². The molecule has 134 valence electrons. The second kappa shape index (κ2) is 9.34. The van der Waals surface area contributed by atoms with Gasteiger partial charge in [-0.05, 0) is 30.2 Å². The van der Waals surface area contributed by atoms with Gasteiger partial charge < -0.3 is 16.2 Å². The van der Waals surface area contributed by atoms with Gasteiger partial charge in [0.15, 0.2) is 0 Å². The molecule has 5 nitrogen and oxygen atoms in total. The highest BCUT2D eigenvalue weighted by Gasteiger charge is 2.23. The van der Waals surface area contributed by atoms with Gasteiger partial charge in [0.1, 0.15) is 6.04 Å². The largest absolute Gasteiger partial charge is 0.391 e. The van der Waals surface area contributed by atoms with Gasteiger partial charge in [0.2, 0.25) is 5.91 Å². The Bertz CT molecular complexity index is 794.